The molecule has 2 aromatic rings. The van der Waals surface area contributed by atoms with Gasteiger partial charge >= 0.3 is 0 Å². The van der Waals surface area contributed by atoms with Crippen molar-refractivity contribution < 1.29 is 0 Å². The van der Waals surface area contributed by atoms with Crippen LogP contribution >= 0.6 is 11.3 Å². The molecule has 106 valence electrons. The van der Waals surface area contributed by atoms with Crippen molar-refractivity contribution >= 4 is 17.3 Å². The van der Waals surface area contributed by atoms with Crippen molar-refractivity contribution in [1.29, 1.82) is 0 Å². The van der Waals surface area contributed by atoms with Crippen molar-refractivity contribution in [3.8, 4) is 0 Å². The maximum atomic E-state index is 4.50. The second-order valence-corrected chi connectivity index (χ2v) is 6.34. The molecule has 0 N–H and O–H groups in total. The summed E-state index contributed by atoms with van der Waals surface area (Å²) >= 11 is 1.81. The molecule has 0 unspecified atom stereocenters. The van der Waals surface area contributed by atoms with Gasteiger partial charge in [0.1, 0.15) is 0 Å². The molecule has 20 heavy (non-hydrogen) atoms. The Hall–Kier alpha value is -1.53. The molecule has 0 aromatic carbocycles. The fraction of sp³-hybridized carbons (Fsp3) is 0.500. The van der Waals surface area contributed by atoms with Gasteiger partial charge in [-0.05, 0) is 19.9 Å². The molecule has 3 rings (SSSR count). The van der Waals surface area contributed by atoms with Crippen LogP contribution in [0.4, 0.5) is 5.95 Å². The number of piperazine rings is 1. The molecule has 1 aliphatic rings. The summed E-state index contributed by atoms with van der Waals surface area (Å²) in [7, 11) is 0. The summed E-state index contributed by atoms with van der Waals surface area (Å²) in [5, 5.41) is 1.16. The minimum absolute atomic E-state index is 0.844. The Labute approximate surface area is 123 Å². The molecular formula is C14H19N5S. The maximum Gasteiger partial charge on any atom is 0.225 e. The van der Waals surface area contributed by atoms with E-state index in [1.807, 2.05) is 17.4 Å². The van der Waals surface area contributed by atoms with Crippen LogP contribution in [0.1, 0.15) is 15.6 Å². The molecule has 6 heteroatoms. The first-order valence-electron chi connectivity index (χ1n) is 6.89. The van der Waals surface area contributed by atoms with Gasteiger partial charge in [0.2, 0.25) is 5.95 Å². The van der Waals surface area contributed by atoms with E-state index in [1.54, 1.807) is 12.4 Å². The molecule has 1 aliphatic heterocycles. The predicted molar refractivity (Wildman–Crippen MR) is 81.1 cm³/mol. The quantitative estimate of drug-likeness (QED) is 0.863. The third-order valence-corrected chi connectivity index (χ3v) is 4.63. The van der Waals surface area contributed by atoms with Crippen molar-refractivity contribution in [2.75, 3.05) is 31.1 Å². The van der Waals surface area contributed by atoms with Gasteiger partial charge in [-0.1, -0.05) is 0 Å². The summed E-state index contributed by atoms with van der Waals surface area (Å²) < 4.78 is 0. The van der Waals surface area contributed by atoms with Gasteiger partial charge < -0.3 is 4.90 Å². The smallest absolute Gasteiger partial charge is 0.225 e. The van der Waals surface area contributed by atoms with Gasteiger partial charge in [0.25, 0.3) is 0 Å². The fourth-order valence-electron chi connectivity index (χ4n) is 2.48. The second-order valence-electron chi connectivity index (χ2n) is 5.05. The molecule has 0 amide bonds. The van der Waals surface area contributed by atoms with E-state index in [2.05, 4.69) is 38.6 Å². The Bertz CT molecular complexity index is 560. The Kier molecular flexibility index (Phi) is 3.93. The molecule has 0 bridgehead atoms. The van der Waals surface area contributed by atoms with Crippen molar-refractivity contribution in [3.63, 3.8) is 0 Å². The predicted octanol–water partition coefficient (Wildman–Crippen LogP) is 1.87. The maximum absolute atomic E-state index is 4.50. The Morgan fingerprint density at radius 1 is 1.10 bits per heavy atom. The number of hydrogen-bond donors (Lipinski definition) is 0. The molecule has 0 aliphatic carbocycles. The zero-order valence-corrected chi connectivity index (χ0v) is 12.7. The highest BCUT2D eigenvalue weighted by Crippen LogP contribution is 2.20. The van der Waals surface area contributed by atoms with E-state index in [0.717, 1.165) is 43.7 Å². The number of aromatic nitrogens is 3. The molecule has 1 saturated heterocycles. The van der Waals surface area contributed by atoms with E-state index in [9.17, 15) is 0 Å². The zero-order valence-electron chi connectivity index (χ0n) is 11.9. The summed E-state index contributed by atoms with van der Waals surface area (Å²) in [4.78, 5) is 19.3. The van der Waals surface area contributed by atoms with Gasteiger partial charge in [0.05, 0.1) is 10.7 Å². The van der Waals surface area contributed by atoms with Gasteiger partial charge in [-0.25, -0.2) is 15.0 Å². The average molecular weight is 289 g/mol. The first-order chi connectivity index (χ1) is 9.72. The Morgan fingerprint density at radius 2 is 1.80 bits per heavy atom. The molecule has 2 aromatic heterocycles. The number of nitrogens with zero attached hydrogens (tertiary/aromatic N) is 5. The van der Waals surface area contributed by atoms with Crippen molar-refractivity contribution in [1.82, 2.24) is 19.9 Å². The van der Waals surface area contributed by atoms with E-state index in [0.29, 0.717) is 0 Å². The van der Waals surface area contributed by atoms with Crippen LogP contribution in [0.25, 0.3) is 0 Å². The summed E-state index contributed by atoms with van der Waals surface area (Å²) in [5.74, 6) is 0.844. The normalized spacial score (nSPS) is 16.6. The van der Waals surface area contributed by atoms with Crippen LogP contribution in [0, 0.1) is 13.8 Å². The summed E-state index contributed by atoms with van der Waals surface area (Å²) in [6.45, 7) is 9.27. The minimum Gasteiger partial charge on any atom is -0.338 e. The van der Waals surface area contributed by atoms with Crippen LogP contribution in [-0.2, 0) is 6.54 Å². The average Bonchev–Trinajstić information content (AvgIpc) is 2.79. The third-order valence-electron chi connectivity index (χ3n) is 3.57. The summed E-state index contributed by atoms with van der Waals surface area (Å²) in [6, 6.07) is 1.86. The number of anilines is 1. The van der Waals surface area contributed by atoms with Crippen molar-refractivity contribution in [2.45, 2.75) is 20.4 Å². The molecule has 3 heterocycles. The molecule has 0 saturated carbocycles. The summed E-state index contributed by atoms with van der Waals surface area (Å²) in [6.07, 6.45) is 3.61. The summed E-state index contributed by atoms with van der Waals surface area (Å²) in [5.41, 5.74) is 1.18. The lowest BCUT2D eigenvalue weighted by Gasteiger charge is -2.34. The number of hydrogen-bond acceptors (Lipinski definition) is 6. The van der Waals surface area contributed by atoms with Crippen LogP contribution in [-0.4, -0.2) is 46.0 Å². The number of thiazole rings is 1. The first kappa shape index (κ1) is 13.5. The number of rotatable bonds is 3. The van der Waals surface area contributed by atoms with Gasteiger partial charge in [-0.15, -0.1) is 11.3 Å². The molecular weight excluding hydrogens is 270 g/mol. The molecule has 1 fully saturated rings. The van der Waals surface area contributed by atoms with E-state index >= 15 is 0 Å². The SMILES string of the molecule is Cc1nc(C)c(CN2CCN(c3ncccn3)CC2)s1. The highest BCUT2D eigenvalue weighted by Gasteiger charge is 2.20. The second kappa shape index (κ2) is 5.85. The largest absolute Gasteiger partial charge is 0.338 e. The van der Waals surface area contributed by atoms with Crippen LogP contribution in [0.2, 0.25) is 0 Å². The van der Waals surface area contributed by atoms with E-state index in [-0.39, 0.29) is 0 Å². The lowest BCUT2D eigenvalue weighted by molar-refractivity contribution is 0.250. The lowest BCUT2D eigenvalue weighted by Crippen LogP contribution is -2.46. The first-order valence-corrected chi connectivity index (χ1v) is 7.71. The highest BCUT2D eigenvalue weighted by molar-refractivity contribution is 7.11. The van der Waals surface area contributed by atoms with E-state index in [4.69, 9.17) is 0 Å². The standard InChI is InChI=1S/C14H19N5S/c1-11-13(20-12(2)17-11)10-18-6-8-19(9-7-18)14-15-4-3-5-16-14/h3-5H,6-10H2,1-2H3. The third kappa shape index (κ3) is 2.96. The van der Waals surface area contributed by atoms with Crippen molar-refractivity contribution in [3.05, 3.63) is 34.0 Å². The van der Waals surface area contributed by atoms with Gasteiger partial charge in [0, 0.05) is 50.0 Å². The minimum atomic E-state index is 0.844. The Morgan fingerprint density at radius 3 is 2.40 bits per heavy atom. The molecule has 0 spiro atoms. The monoisotopic (exact) mass is 289 g/mol. The molecule has 0 radical (unpaired) electrons. The van der Waals surface area contributed by atoms with Gasteiger partial charge in [0.15, 0.2) is 0 Å². The zero-order chi connectivity index (χ0) is 13.9. The van der Waals surface area contributed by atoms with E-state index < -0.39 is 0 Å². The van der Waals surface area contributed by atoms with Crippen LogP contribution in [0.5, 0.6) is 0 Å². The number of aryl methyl sites for hydroxylation is 2. The molecule has 0 atom stereocenters. The highest BCUT2D eigenvalue weighted by atomic mass is 32.1. The Balaban J connectivity index is 1.58. The topological polar surface area (TPSA) is 45.2 Å². The van der Waals surface area contributed by atoms with E-state index in [1.165, 1.54) is 10.6 Å². The lowest BCUT2D eigenvalue weighted by atomic mass is 10.3. The van der Waals surface area contributed by atoms with Gasteiger partial charge in [-0.3, -0.25) is 4.90 Å². The van der Waals surface area contributed by atoms with Crippen molar-refractivity contribution in [2.24, 2.45) is 0 Å². The molecule has 5 nitrogen and oxygen atoms in total. The van der Waals surface area contributed by atoms with Crippen LogP contribution in [0.3, 0.4) is 0 Å². The van der Waals surface area contributed by atoms with Crippen LogP contribution < -0.4 is 4.90 Å². The van der Waals surface area contributed by atoms with Crippen LogP contribution in [0.15, 0.2) is 18.5 Å². The van der Waals surface area contributed by atoms with Gasteiger partial charge in [-0.2, -0.15) is 0 Å². The fourth-order valence-corrected chi connectivity index (χ4v) is 3.46.